The van der Waals surface area contributed by atoms with E-state index in [0.29, 0.717) is 25.1 Å². The molecule has 27 heavy (non-hydrogen) atoms. The smallest absolute Gasteiger partial charge is 0.253 e. The van der Waals surface area contributed by atoms with Gasteiger partial charge in [0.2, 0.25) is 0 Å². The zero-order valence-corrected chi connectivity index (χ0v) is 15.7. The number of β-amino-alcohol motifs (C(OH)–C–C–N with tert-alkyl or cyclic N) is 1. The summed E-state index contributed by atoms with van der Waals surface area (Å²) < 4.78 is 1.69. The number of aliphatic hydroxyl groups excluding tert-OH is 1. The van der Waals surface area contributed by atoms with Crippen molar-refractivity contribution in [2.75, 3.05) is 13.1 Å². The van der Waals surface area contributed by atoms with E-state index < -0.39 is 11.6 Å². The molecule has 1 fully saturated rings. The molecule has 0 saturated carbocycles. The van der Waals surface area contributed by atoms with E-state index in [1.807, 2.05) is 37.4 Å². The fourth-order valence-electron chi connectivity index (χ4n) is 3.58. The molecule has 3 heterocycles. The van der Waals surface area contributed by atoms with E-state index in [0.717, 1.165) is 16.6 Å². The molecule has 2 aromatic heterocycles. The van der Waals surface area contributed by atoms with Crippen molar-refractivity contribution in [2.24, 2.45) is 7.05 Å². The van der Waals surface area contributed by atoms with Gasteiger partial charge in [-0.3, -0.25) is 14.5 Å². The molecule has 3 aromatic rings. The Morgan fingerprint density at radius 2 is 2.11 bits per heavy atom. The summed E-state index contributed by atoms with van der Waals surface area (Å²) in [6.45, 7) is 1.14. The summed E-state index contributed by atoms with van der Waals surface area (Å²) in [5.74, 6) is -0.259. The predicted molar refractivity (Wildman–Crippen MR) is 105 cm³/mol. The molecule has 0 spiro atoms. The molecule has 7 nitrogen and oxygen atoms in total. The van der Waals surface area contributed by atoms with Crippen LogP contribution in [0.15, 0.2) is 48.8 Å². The zero-order valence-electron chi connectivity index (χ0n) is 14.9. The van der Waals surface area contributed by atoms with Gasteiger partial charge < -0.3 is 15.7 Å². The Bertz CT molecular complexity index is 946. The van der Waals surface area contributed by atoms with Gasteiger partial charge >= 0.3 is 0 Å². The Balaban J connectivity index is 0.00000210. The summed E-state index contributed by atoms with van der Waals surface area (Å²) in [5.41, 5.74) is 2.05. The summed E-state index contributed by atoms with van der Waals surface area (Å²) in [6.07, 6.45) is 3.09. The highest BCUT2D eigenvalue weighted by molar-refractivity contribution is 5.97. The maximum Gasteiger partial charge on any atom is 0.253 e. The van der Waals surface area contributed by atoms with E-state index >= 15 is 0 Å². The number of hydrogen-bond acceptors (Lipinski definition) is 5. The van der Waals surface area contributed by atoms with Crippen molar-refractivity contribution in [1.82, 2.24) is 25.4 Å². The van der Waals surface area contributed by atoms with Crippen LogP contribution in [-0.2, 0) is 12.6 Å². The van der Waals surface area contributed by atoms with Crippen LogP contribution in [0.1, 0.15) is 22.3 Å². The highest BCUT2D eigenvalue weighted by Gasteiger charge is 2.43. The van der Waals surface area contributed by atoms with Gasteiger partial charge in [0, 0.05) is 19.8 Å². The first kappa shape index (κ1) is 19.3. The first-order valence-corrected chi connectivity index (χ1v) is 8.65. The van der Waals surface area contributed by atoms with E-state index in [9.17, 15) is 9.90 Å². The second-order valence-electron chi connectivity index (χ2n) is 6.66. The maximum atomic E-state index is 13.0. The van der Waals surface area contributed by atoms with Crippen molar-refractivity contribution in [3.05, 3.63) is 59.9 Å². The quantitative estimate of drug-likeness (QED) is 0.631. The van der Waals surface area contributed by atoms with Gasteiger partial charge in [0.1, 0.15) is 5.52 Å². The standard InChI is InChI=1S/C19H21N5O2.ClH/c1-24-16-9-13(10-21-15(16)11-22-24)18(26)23-19(7-8-20-12-17(19)25)14-5-3-2-4-6-14;/h2-6,9-11,17,20,25H,7-8,12H2,1H3,(H,23,26);1H/t17-,19+;/m1./s1. The van der Waals surface area contributed by atoms with Gasteiger partial charge in [-0.15, -0.1) is 12.4 Å². The van der Waals surface area contributed by atoms with Crippen molar-refractivity contribution in [1.29, 1.82) is 0 Å². The third kappa shape index (κ3) is 3.41. The third-order valence-electron chi connectivity index (χ3n) is 5.09. The number of halogens is 1. The number of piperidine rings is 1. The predicted octanol–water partition coefficient (Wildman–Crippen LogP) is 1.37. The Labute approximate surface area is 163 Å². The minimum atomic E-state index is -0.828. The van der Waals surface area contributed by atoms with Crippen molar-refractivity contribution in [2.45, 2.75) is 18.1 Å². The molecule has 1 aliphatic heterocycles. The number of aromatic nitrogens is 3. The van der Waals surface area contributed by atoms with Crippen molar-refractivity contribution < 1.29 is 9.90 Å². The molecule has 1 aromatic carbocycles. The number of fused-ring (bicyclic) bond motifs is 1. The molecular weight excluding hydrogens is 366 g/mol. The molecule has 0 aliphatic carbocycles. The summed E-state index contributed by atoms with van der Waals surface area (Å²) in [7, 11) is 1.81. The van der Waals surface area contributed by atoms with Gasteiger partial charge in [-0.2, -0.15) is 5.10 Å². The number of aryl methyl sites for hydroxylation is 1. The van der Waals surface area contributed by atoms with Gasteiger partial charge in [0.05, 0.1) is 28.9 Å². The summed E-state index contributed by atoms with van der Waals surface area (Å²) in [6, 6.07) is 11.4. The Kier molecular flexibility index (Phi) is 5.46. The normalized spacial score (nSPS) is 22.2. The van der Waals surface area contributed by atoms with Gasteiger partial charge in [-0.05, 0) is 24.6 Å². The van der Waals surface area contributed by atoms with Gasteiger partial charge in [0.25, 0.3) is 5.91 Å². The Morgan fingerprint density at radius 1 is 1.33 bits per heavy atom. The number of aliphatic hydroxyl groups is 1. The molecule has 2 atom stereocenters. The van der Waals surface area contributed by atoms with E-state index in [1.54, 1.807) is 23.1 Å². The molecule has 1 saturated heterocycles. The fraction of sp³-hybridized carbons (Fsp3) is 0.316. The number of benzene rings is 1. The van der Waals surface area contributed by atoms with Crippen LogP contribution in [0.25, 0.3) is 11.0 Å². The maximum absolute atomic E-state index is 13.0. The molecule has 1 aliphatic rings. The summed E-state index contributed by atoms with van der Waals surface area (Å²) >= 11 is 0. The molecular formula is C19H22ClN5O2. The molecule has 0 radical (unpaired) electrons. The largest absolute Gasteiger partial charge is 0.389 e. The van der Waals surface area contributed by atoms with Crippen molar-refractivity contribution >= 4 is 29.3 Å². The van der Waals surface area contributed by atoms with E-state index in [1.165, 1.54) is 0 Å². The topological polar surface area (TPSA) is 92.1 Å². The molecule has 0 bridgehead atoms. The average molecular weight is 388 g/mol. The number of hydrogen-bond donors (Lipinski definition) is 3. The van der Waals surface area contributed by atoms with Crippen LogP contribution in [0.5, 0.6) is 0 Å². The number of carbonyl (C=O) groups is 1. The number of amides is 1. The zero-order chi connectivity index (χ0) is 18.1. The molecule has 142 valence electrons. The molecule has 8 heteroatoms. The minimum absolute atomic E-state index is 0. The third-order valence-corrected chi connectivity index (χ3v) is 5.09. The lowest BCUT2D eigenvalue weighted by Crippen LogP contribution is -2.61. The Morgan fingerprint density at radius 3 is 2.85 bits per heavy atom. The van der Waals surface area contributed by atoms with Gasteiger partial charge in [-0.25, -0.2) is 0 Å². The highest BCUT2D eigenvalue weighted by atomic mass is 35.5. The lowest BCUT2D eigenvalue weighted by Gasteiger charge is -2.43. The summed E-state index contributed by atoms with van der Waals surface area (Å²) in [5, 5.41) is 21.2. The van der Waals surface area contributed by atoms with Crippen molar-refractivity contribution in [3.63, 3.8) is 0 Å². The van der Waals surface area contributed by atoms with Crippen LogP contribution in [0.2, 0.25) is 0 Å². The van der Waals surface area contributed by atoms with Crippen LogP contribution >= 0.6 is 12.4 Å². The molecule has 1 amide bonds. The highest BCUT2D eigenvalue weighted by Crippen LogP contribution is 2.31. The molecule has 4 rings (SSSR count). The number of nitrogens with zero attached hydrogens (tertiary/aromatic N) is 3. The lowest BCUT2D eigenvalue weighted by atomic mass is 9.79. The SMILES string of the molecule is Cl.Cn1ncc2ncc(C(=O)N[C@]3(c4ccccc4)CCNC[C@H]3O)cc21. The first-order chi connectivity index (χ1) is 12.6. The minimum Gasteiger partial charge on any atom is -0.389 e. The fourth-order valence-corrected chi connectivity index (χ4v) is 3.58. The van der Waals surface area contributed by atoms with E-state index in [-0.39, 0.29) is 18.3 Å². The van der Waals surface area contributed by atoms with Gasteiger partial charge in [-0.1, -0.05) is 30.3 Å². The first-order valence-electron chi connectivity index (χ1n) is 8.65. The monoisotopic (exact) mass is 387 g/mol. The van der Waals surface area contributed by atoms with Crippen LogP contribution in [0.3, 0.4) is 0 Å². The molecule has 3 N–H and O–H groups in total. The summed E-state index contributed by atoms with van der Waals surface area (Å²) in [4.78, 5) is 17.3. The van der Waals surface area contributed by atoms with Gasteiger partial charge in [0.15, 0.2) is 0 Å². The lowest BCUT2D eigenvalue weighted by molar-refractivity contribution is 0.0289. The van der Waals surface area contributed by atoms with E-state index in [2.05, 4.69) is 20.7 Å². The van der Waals surface area contributed by atoms with Crippen LogP contribution in [-0.4, -0.2) is 45.0 Å². The Hall–Kier alpha value is -2.48. The molecule has 0 unspecified atom stereocenters. The van der Waals surface area contributed by atoms with E-state index in [4.69, 9.17) is 0 Å². The number of pyridine rings is 1. The number of carbonyl (C=O) groups excluding carboxylic acids is 1. The van der Waals surface area contributed by atoms with Crippen molar-refractivity contribution in [3.8, 4) is 0 Å². The van der Waals surface area contributed by atoms with Crippen LogP contribution in [0, 0.1) is 0 Å². The van der Waals surface area contributed by atoms with Crippen LogP contribution in [0.4, 0.5) is 0 Å². The van der Waals surface area contributed by atoms with Crippen LogP contribution < -0.4 is 10.6 Å². The number of rotatable bonds is 3. The average Bonchev–Trinajstić information content (AvgIpc) is 3.05. The second kappa shape index (κ2) is 7.64. The second-order valence-corrected chi connectivity index (χ2v) is 6.66. The number of nitrogens with one attached hydrogen (secondary N) is 2.